The number of nitrogens with zero attached hydrogens (tertiary/aromatic N) is 1. The highest BCUT2D eigenvalue weighted by atomic mass is 16.8. The molecule has 0 aromatic heterocycles. The molecule has 9 nitrogen and oxygen atoms in total. The number of carbonyl (C=O) groups excluding carboxylic acids is 2. The summed E-state index contributed by atoms with van der Waals surface area (Å²) in [4.78, 5) is 24.8. The molecular formula is C18H27NO8. The number of rotatable bonds is 5. The van der Waals surface area contributed by atoms with Crippen LogP contribution in [-0.2, 0) is 38.0 Å². The molecule has 4 aliphatic rings. The van der Waals surface area contributed by atoms with Crippen molar-refractivity contribution in [2.24, 2.45) is 0 Å². The minimum Gasteiger partial charge on any atom is -0.371 e. The van der Waals surface area contributed by atoms with Gasteiger partial charge in [-0.3, -0.25) is 14.5 Å². The summed E-state index contributed by atoms with van der Waals surface area (Å²) in [7, 11) is 0. The maximum Gasteiger partial charge on any atom is 0.229 e. The van der Waals surface area contributed by atoms with E-state index in [0.717, 1.165) is 0 Å². The topological polar surface area (TPSA) is 92.8 Å². The maximum atomic E-state index is 11.8. The molecule has 4 heterocycles. The van der Waals surface area contributed by atoms with Gasteiger partial charge in [0.05, 0.1) is 19.8 Å². The van der Waals surface area contributed by atoms with Gasteiger partial charge >= 0.3 is 0 Å². The molecule has 9 heteroatoms. The Morgan fingerprint density at radius 1 is 1.00 bits per heavy atom. The van der Waals surface area contributed by atoms with Gasteiger partial charge in [0, 0.05) is 12.8 Å². The van der Waals surface area contributed by atoms with E-state index in [1.807, 2.05) is 27.7 Å². The first kappa shape index (κ1) is 19.2. The molecule has 4 fully saturated rings. The largest absolute Gasteiger partial charge is 0.371 e. The van der Waals surface area contributed by atoms with Crippen molar-refractivity contribution in [3.8, 4) is 0 Å². The van der Waals surface area contributed by atoms with Crippen molar-refractivity contribution < 1.29 is 38.0 Å². The Hall–Kier alpha value is -1.10. The van der Waals surface area contributed by atoms with Crippen molar-refractivity contribution in [3.05, 3.63) is 0 Å². The van der Waals surface area contributed by atoms with Crippen LogP contribution < -0.4 is 0 Å². The van der Waals surface area contributed by atoms with Crippen LogP contribution >= 0.6 is 0 Å². The lowest BCUT2D eigenvalue weighted by atomic mass is 10.1. The van der Waals surface area contributed by atoms with Crippen LogP contribution in [0.25, 0.3) is 0 Å². The first-order valence-corrected chi connectivity index (χ1v) is 9.43. The zero-order valence-electron chi connectivity index (χ0n) is 16.1. The van der Waals surface area contributed by atoms with E-state index in [1.54, 1.807) is 0 Å². The Morgan fingerprint density at radius 2 is 1.70 bits per heavy atom. The normalized spacial score (nSPS) is 40.1. The molecule has 0 bridgehead atoms. The van der Waals surface area contributed by atoms with Gasteiger partial charge in [0.2, 0.25) is 11.8 Å². The van der Waals surface area contributed by atoms with Gasteiger partial charge in [0.1, 0.15) is 24.4 Å². The smallest absolute Gasteiger partial charge is 0.229 e. The van der Waals surface area contributed by atoms with E-state index in [0.29, 0.717) is 6.61 Å². The maximum absolute atomic E-state index is 11.8. The van der Waals surface area contributed by atoms with Crippen LogP contribution in [0.4, 0.5) is 0 Å². The number of ether oxygens (including phenoxy) is 6. The molecule has 0 spiro atoms. The monoisotopic (exact) mass is 385 g/mol. The SMILES string of the molecule is CC1(C)OCC([C@H]2O[C@@H]3OC(C)(C)O[C@@H]3[C@H]2OCCN2C(=O)CCC2=O)O1. The Bertz CT molecular complexity index is 604. The van der Waals surface area contributed by atoms with Crippen molar-refractivity contribution in [1.29, 1.82) is 0 Å². The van der Waals surface area contributed by atoms with Crippen LogP contribution in [0.3, 0.4) is 0 Å². The fourth-order valence-corrected chi connectivity index (χ4v) is 4.02. The van der Waals surface area contributed by atoms with Crippen molar-refractivity contribution in [2.45, 2.75) is 82.8 Å². The van der Waals surface area contributed by atoms with Gasteiger partial charge in [-0.05, 0) is 27.7 Å². The molecule has 0 radical (unpaired) electrons. The molecular weight excluding hydrogens is 358 g/mol. The number of likely N-dealkylation sites (tertiary alicyclic amines) is 1. The van der Waals surface area contributed by atoms with Gasteiger partial charge in [0.25, 0.3) is 0 Å². The van der Waals surface area contributed by atoms with Crippen molar-refractivity contribution >= 4 is 11.8 Å². The lowest BCUT2D eigenvalue weighted by molar-refractivity contribution is -0.236. The van der Waals surface area contributed by atoms with E-state index in [4.69, 9.17) is 28.4 Å². The highest BCUT2D eigenvalue weighted by molar-refractivity contribution is 6.01. The molecule has 2 amide bonds. The molecule has 4 rings (SSSR count). The van der Waals surface area contributed by atoms with Crippen molar-refractivity contribution in [3.63, 3.8) is 0 Å². The van der Waals surface area contributed by atoms with Gasteiger partial charge in [-0.1, -0.05) is 0 Å². The predicted octanol–water partition coefficient (Wildman–Crippen LogP) is 0.549. The third-order valence-corrected chi connectivity index (χ3v) is 5.20. The van der Waals surface area contributed by atoms with Gasteiger partial charge in [-0.15, -0.1) is 0 Å². The zero-order valence-corrected chi connectivity index (χ0v) is 16.1. The first-order valence-electron chi connectivity index (χ1n) is 9.43. The third kappa shape index (κ3) is 3.76. The number of imide groups is 1. The first-order chi connectivity index (χ1) is 12.7. The number of hydrogen-bond acceptors (Lipinski definition) is 8. The van der Waals surface area contributed by atoms with E-state index in [1.165, 1.54) is 4.90 Å². The lowest BCUT2D eigenvalue weighted by Crippen LogP contribution is -2.45. The van der Waals surface area contributed by atoms with E-state index >= 15 is 0 Å². The van der Waals surface area contributed by atoms with Crippen LogP contribution in [0, 0.1) is 0 Å². The second-order valence-electron chi connectivity index (χ2n) is 8.21. The Labute approximate surface area is 158 Å². The molecule has 0 aromatic carbocycles. The summed E-state index contributed by atoms with van der Waals surface area (Å²) in [5.74, 6) is -1.77. The Balaban J connectivity index is 1.42. The van der Waals surface area contributed by atoms with Crippen LogP contribution in [-0.4, -0.2) is 78.8 Å². The summed E-state index contributed by atoms with van der Waals surface area (Å²) >= 11 is 0. The number of carbonyl (C=O) groups is 2. The van der Waals surface area contributed by atoms with E-state index in [-0.39, 0.29) is 43.9 Å². The predicted molar refractivity (Wildman–Crippen MR) is 89.3 cm³/mol. The quantitative estimate of drug-likeness (QED) is 0.634. The van der Waals surface area contributed by atoms with Crippen molar-refractivity contribution in [1.82, 2.24) is 4.90 Å². The van der Waals surface area contributed by atoms with Gasteiger partial charge in [0.15, 0.2) is 17.9 Å². The molecule has 27 heavy (non-hydrogen) atoms. The Morgan fingerprint density at radius 3 is 2.33 bits per heavy atom. The van der Waals surface area contributed by atoms with E-state index in [2.05, 4.69) is 0 Å². The highest BCUT2D eigenvalue weighted by Crippen LogP contribution is 2.41. The number of hydrogen-bond donors (Lipinski definition) is 0. The summed E-state index contributed by atoms with van der Waals surface area (Å²) in [6.07, 6.45) is -1.63. The second kappa shape index (κ2) is 6.75. The van der Waals surface area contributed by atoms with Crippen LogP contribution in [0.5, 0.6) is 0 Å². The molecule has 0 saturated carbocycles. The number of amides is 2. The molecule has 4 saturated heterocycles. The van der Waals surface area contributed by atoms with E-state index in [9.17, 15) is 9.59 Å². The van der Waals surface area contributed by atoms with Gasteiger partial charge in [-0.2, -0.15) is 0 Å². The van der Waals surface area contributed by atoms with Crippen molar-refractivity contribution in [2.75, 3.05) is 19.8 Å². The minimum absolute atomic E-state index is 0.156. The average Bonchev–Trinajstić information content (AvgIpc) is 3.25. The average molecular weight is 385 g/mol. The zero-order chi connectivity index (χ0) is 19.4. The van der Waals surface area contributed by atoms with Gasteiger partial charge < -0.3 is 28.4 Å². The van der Waals surface area contributed by atoms with Crippen LogP contribution in [0.2, 0.25) is 0 Å². The molecule has 4 aliphatic heterocycles. The van der Waals surface area contributed by atoms with E-state index < -0.39 is 36.2 Å². The second-order valence-corrected chi connectivity index (χ2v) is 8.21. The summed E-state index contributed by atoms with van der Waals surface area (Å²) in [5.41, 5.74) is 0. The summed E-state index contributed by atoms with van der Waals surface area (Å²) in [6.45, 7) is 8.13. The molecule has 0 aromatic rings. The molecule has 0 N–H and O–H groups in total. The molecule has 1 unspecified atom stereocenters. The fourth-order valence-electron chi connectivity index (χ4n) is 4.02. The lowest BCUT2D eigenvalue weighted by Gasteiger charge is -2.29. The summed E-state index contributed by atoms with van der Waals surface area (Å²) in [6, 6.07) is 0. The summed E-state index contributed by atoms with van der Waals surface area (Å²) in [5, 5.41) is 0. The fraction of sp³-hybridized carbons (Fsp3) is 0.889. The number of fused-ring (bicyclic) bond motifs is 1. The minimum atomic E-state index is -0.769. The van der Waals surface area contributed by atoms with Crippen LogP contribution in [0.1, 0.15) is 40.5 Å². The Kier molecular flexibility index (Phi) is 4.81. The standard InChI is InChI=1S/C18H27NO8/c1-17(2)23-9-10(25-17)13-14(15-16(24-13)27-18(3,4)26-15)22-8-7-19-11(20)5-6-12(19)21/h10,13-16H,5-9H2,1-4H3/t10?,13-,14+,15-,16-/m1/s1. The van der Waals surface area contributed by atoms with Gasteiger partial charge in [-0.25, -0.2) is 0 Å². The van der Waals surface area contributed by atoms with Crippen LogP contribution in [0.15, 0.2) is 0 Å². The molecule has 152 valence electrons. The highest BCUT2D eigenvalue weighted by Gasteiger charge is 2.58. The molecule has 0 aliphatic carbocycles. The molecule has 5 atom stereocenters. The summed E-state index contributed by atoms with van der Waals surface area (Å²) < 4.78 is 35.5. The third-order valence-electron chi connectivity index (χ3n) is 5.20.